The largest absolute Gasteiger partial charge is 0.509 e. The van der Waals surface area contributed by atoms with E-state index in [9.17, 15) is 14.4 Å². The molecule has 0 aliphatic heterocycles. The van der Waals surface area contributed by atoms with Gasteiger partial charge in [-0.3, -0.25) is 9.59 Å². The van der Waals surface area contributed by atoms with Crippen molar-refractivity contribution in [2.75, 3.05) is 0 Å². The Morgan fingerprint density at radius 2 is 1.04 bits per heavy atom. The van der Waals surface area contributed by atoms with E-state index in [4.69, 9.17) is 32.7 Å². The molecule has 148 valence electrons. The molecular weight excluding hydrogens is 403 g/mol. The van der Waals surface area contributed by atoms with Gasteiger partial charge in [0, 0.05) is 12.8 Å². The first-order chi connectivity index (χ1) is 13.2. The summed E-state index contributed by atoms with van der Waals surface area (Å²) in [6.07, 6.45) is -1.53. The standard InChI is InChI=1S/C21H20Cl2O5/c1-13(17-7-3-15(4-8-17)11-19(22)24)27-21(26)28-14(2)18-9-5-16(6-10-18)12-20(23)25/h3-10,13-14H,11-12H2,1-2H3. The average Bonchev–Trinajstić information content (AvgIpc) is 2.61. The normalized spacial score (nSPS) is 12.7. The van der Waals surface area contributed by atoms with E-state index in [2.05, 4.69) is 0 Å². The molecule has 2 rings (SSSR count). The van der Waals surface area contributed by atoms with E-state index in [1.807, 2.05) is 0 Å². The smallest absolute Gasteiger partial charge is 0.426 e. The van der Waals surface area contributed by atoms with Crippen molar-refractivity contribution in [3.05, 3.63) is 70.8 Å². The highest BCUT2D eigenvalue weighted by Crippen LogP contribution is 2.22. The van der Waals surface area contributed by atoms with Crippen molar-refractivity contribution in [1.82, 2.24) is 0 Å². The molecule has 0 saturated carbocycles. The lowest BCUT2D eigenvalue weighted by molar-refractivity contribution is -0.111. The fourth-order valence-corrected chi connectivity index (χ4v) is 2.90. The van der Waals surface area contributed by atoms with Crippen molar-refractivity contribution < 1.29 is 23.9 Å². The molecule has 0 amide bonds. The van der Waals surface area contributed by atoms with Gasteiger partial charge in [0.2, 0.25) is 10.5 Å². The Hall–Kier alpha value is -2.37. The number of halogens is 2. The summed E-state index contributed by atoms with van der Waals surface area (Å²) in [6.45, 7) is 3.46. The van der Waals surface area contributed by atoms with Gasteiger partial charge in [0.05, 0.1) is 0 Å². The second kappa shape index (κ2) is 10.2. The maximum Gasteiger partial charge on any atom is 0.509 e. The zero-order chi connectivity index (χ0) is 20.7. The molecular formula is C21H20Cl2O5. The van der Waals surface area contributed by atoms with E-state index in [1.54, 1.807) is 62.4 Å². The van der Waals surface area contributed by atoms with E-state index in [0.717, 1.165) is 22.3 Å². The number of hydrogen-bond acceptors (Lipinski definition) is 5. The van der Waals surface area contributed by atoms with Gasteiger partial charge in [0.15, 0.2) is 0 Å². The van der Waals surface area contributed by atoms with Crippen LogP contribution in [0, 0.1) is 0 Å². The molecule has 0 fully saturated rings. The Bertz CT molecular complexity index is 761. The molecule has 5 nitrogen and oxygen atoms in total. The van der Waals surface area contributed by atoms with Crippen LogP contribution in [0.15, 0.2) is 48.5 Å². The Labute approximate surface area is 173 Å². The van der Waals surface area contributed by atoms with Gasteiger partial charge in [-0.25, -0.2) is 4.79 Å². The van der Waals surface area contributed by atoms with Crippen LogP contribution >= 0.6 is 23.2 Å². The first-order valence-corrected chi connectivity index (χ1v) is 9.41. The van der Waals surface area contributed by atoms with Gasteiger partial charge < -0.3 is 9.47 Å². The van der Waals surface area contributed by atoms with Gasteiger partial charge in [-0.15, -0.1) is 0 Å². The minimum atomic E-state index is -0.792. The molecule has 0 N–H and O–H groups in total. The van der Waals surface area contributed by atoms with E-state index in [-0.39, 0.29) is 12.8 Å². The number of rotatable bonds is 8. The number of benzene rings is 2. The van der Waals surface area contributed by atoms with Crippen molar-refractivity contribution in [2.24, 2.45) is 0 Å². The molecule has 0 saturated heterocycles. The molecule has 2 atom stereocenters. The molecule has 0 spiro atoms. The fraction of sp³-hybridized carbons (Fsp3) is 0.286. The lowest BCUT2D eigenvalue weighted by Crippen LogP contribution is -2.13. The summed E-state index contributed by atoms with van der Waals surface area (Å²) in [4.78, 5) is 33.9. The van der Waals surface area contributed by atoms with E-state index >= 15 is 0 Å². The van der Waals surface area contributed by atoms with Gasteiger partial charge in [-0.05, 0) is 59.3 Å². The molecule has 7 heteroatoms. The maximum atomic E-state index is 12.1. The summed E-state index contributed by atoms with van der Waals surface area (Å²) < 4.78 is 10.6. The molecule has 0 aromatic heterocycles. The second-order valence-electron chi connectivity index (χ2n) is 6.32. The SMILES string of the molecule is CC(OC(=O)OC(C)c1ccc(CC(=O)Cl)cc1)c1ccc(CC(=O)Cl)cc1. The molecule has 0 aliphatic carbocycles. The summed E-state index contributed by atoms with van der Waals surface area (Å²) >= 11 is 10.7. The minimum absolute atomic E-state index is 0.147. The highest BCUT2D eigenvalue weighted by atomic mass is 35.5. The first kappa shape index (κ1) is 21.9. The predicted octanol–water partition coefficient (Wildman–Crippen LogP) is 5.28. The Morgan fingerprint density at radius 3 is 1.32 bits per heavy atom. The fourth-order valence-electron chi connectivity index (χ4n) is 2.59. The third-order valence-electron chi connectivity index (χ3n) is 4.13. The van der Waals surface area contributed by atoms with E-state index in [0.29, 0.717) is 0 Å². The Balaban J connectivity index is 1.89. The minimum Gasteiger partial charge on any atom is -0.426 e. The zero-order valence-corrected chi connectivity index (χ0v) is 17.0. The van der Waals surface area contributed by atoms with Crippen molar-refractivity contribution >= 4 is 39.8 Å². The molecule has 2 aromatic carbocycles. The van der Waals surface area contributed by atoms with Gasteiger partial charge in [0.25, 0.3) is 0 Å². The van der Waals surface area contributed by atoms with Crippen LogP contribution < -0.4 is 0 Å². The van der Waals surface area contributed by atoms with Gasteiger partial charge in [-0.2, -0.15) is 0 Å². The number of carbonyl (C=O) groups is 3. The maximum absolute atomic E-state index is 12.1. The topological polar surface area (TPSA) is 69.7 Å². The van der Waals surface area contributed by atoms with Gasteiger partial charge in [0.1, 0.15) is 12.2 Å². The first-order valence-electron chi connectivity index (χ1n) is 8.66. The molecule has 0 bridgehead atoms. The van der Waals surface area contributed by atoms with Crippen LogP contribution in [0.25, 0.3) is 0 Å². The van der Waals surface area contributed by atoms with Crippen molar-refractivity contribution in [2.45, 2.75) is 38.9 Å². The predicted molar refractivity (Wildman–Crippen MR) is 106 cm³/mol. The van der Waals surface area contributed by atoms with Crippen LogP contribution in [0.1, 0.15) is 48.3 Å². The second-order valence-corrected chi connectivity index (χ2v) is 7.16. The highest BCUT2D eigenvalue weighted by molar-refractivity contribution is 6.64. The van der Waals surface area contributed by atoms with Gasteiger partial charge >= 0.3 is 6.16 Å². The summed E-state index contributed by atoms with van der Waals surface area (Å²) in [6, 6.07) is 14.1. The third kappa shape index (κ3) is 6.98. The van der Waals surface area contributed by atoms with Crippen molar-refractivity contribution in [1.29, 1.82) is 0 Å². The van der Waals surface area contributed by atoms with Crippen LogP contribution in [0.2, 0.25) is 0 Å². The lowest BCUT2D eigenvalue weighted by Gasteiger charge is -2.17. The summed E-state index contributed by atoms with van der Waals surface area (Å²) in [5.74, 6) is 0. The molecule has 0 heterocycles. The van der Waals surface area contributed by atoms with Crippen LogP contribution in [0.5, 0.6) is 0 Å². The van der Waals surface area contributed by atoms with Crippen molar-refractivity contribution in [3.63, 3.8) is 0 Å². The molecule has 2 aromatic rings. The monoisotopic (exact) mass is 422 g/mol. The molecule has 0 aliphatic rings. The van der Waals surface area contributed by atoms with E-state index in [1.165, 1.54) is 0 Å². The van der Waals surface area contributed by atoms with Crippen molar-refractivity contribution in [3.8, 4) is 0 Å². The number of carbonyl (C=O) groups excluding carboxylic acids is 3. The molecule has 28 heavy (non-hydrogen) atoms. The quantitative estimate of drug-likeness (QED) is 0.427. The zero-order valence-electron chi connectivity index (χ0n) is 15.5. The highest BCUT2D eigenvalue weighted by Gasteiger charge is 2.17. The average molecular weight is 423 g/mol. The van der Waals surface area contributed by atoms with Crippen LogP contribution in [-0.2, 0) is 31.9 Å². The summed E-state index contributed by atoms with van der Waals surface area (Å²) in [5.41, 5.74) is 3.11. The van der Waals surface area contributed by atoms with Crippen LogP contribution in [0.3, 0.4) is 0 Å². The van der Waals surface area contributed by atoms with Crippen LogP contribution in [-0.4, -0.2) is 16.6 Å². The summed E-state index contributed by atoms with van der Waals surface area (Å²) in [5, 5.41) is -0.867. The molecule has 0 radical (unpaired) electrons. The number of hydrogen-bond donors (Lipinski definition) is 0. The third-order valence-corrected chi connectivity index (χ3v) is 4.40. The lowest BCUT2D eigenvalue weighted by atomic mass is 10.1. The molecule has 2 unspecified atom stereocenters. The van der Waals surface area contributed by atoms with Crippen LogP contribution in [0.4, 0.5) is 4.79 Å². The number of ether oxygens (including phenoxy) is 2. The Morgan fingerprint density at radius 1 is 0.714 bits per heavy atom. The summed E-state index contributed by atoms with van der Waals surface area (Å²) in [7, 11) is 0. The van der Waals surface area contributed by atoms with E-state index < -0.39 is 28.8 Å². The Kier molecular flexibility index (Phi) is 8.03. The van der Waals surface area contributed by atoms with Gasteiger partial charge in [-0.1, -0.05) is 48.5 Å².